The van der Waals surface area contributed by atoms with E-state index in [2.05, 4.69) is 70.3 Å². The number of rotatable bonds is 6. The van der Waals surface area contributed by atoms with Crippen molar-refractivity contribution in [2.24, 2.45) is 0 Å². The maximum atomic E-state index is 4.60. The minimum atomic E-state index is 0.846. The molecule has 0 unspecified atom stereocenters. The number of piperazine rings is 1. The fraction of sp³-hybridized carbons (Fsp3) is 0.450. The fourth-order valence-electron chi connectivity index (χ4n) is 3.28. The molecule has 0 spiro atoms. The van der Waals surface area contributed by atoms with Crippen molar-refractivity contribution in [3.05, 3.63) is 65.5 Å². The summed E-state index contributed by atoms with van der Waals surface area (Å²) in [5.41, 5.74) is 5.17. The van der Waals surface area contributed by atoms with Crippen molar-refractivity contribution in [2.45, 2.75) is 26.9 Å². The van der Waals surface area contributed by atoms with Crippen molar-refractivity contribution >= 4 is 0 Å². The third-order valence-electron chi connectivity index (χ3n) is 4.73. The summed E-state index contributed by atoms with van der Waals surface area (Å²) in [7, 11) is 0. The second kappa shape index (κ2) is 7.77. The second-order valence-corrected chi connectivity index (χ2v) is 6.91. The lowest BCUT2D eigenvalue weighted by Gasteiger charge is -2.34. The third-order valence-corrected chi connectivity index (χ3v) is 4.73. The molecule has 1 saturated heterocycles. The van der Waals surface area contributed by atoms with E-state index in [4.69, 9.17) is 0 Å². The third kappa shape index (κ3) is 4.34. The number of aromatic nitrogens is 2. The van der Waals surface area contributed by atoms with Crippen LogP contribution in [-0.2, 0) is 13.1 Å². The zero-order valence-electron chi connectivity index (χ0n) is 14.9. The first-order valence-electron chi connectivity index (χ1n) is 8.76. The molecule has 0 saturated carbocycles. The molecule has 4 heteroatoms. The van der Waals surface area contributed by atoms with Gasteiger partial charge in [-0.2, -0.15) is 5.10 Å². The highest BCUT2D eigenvalue weighted by atomic mass is 15.3. The molecule has 24 heavy (non-hydrogen) atoms. The lowest BCUT2D eigenvalue weighted by molar-refractivity contribution is 0.135. The van der Waals surface area contributed by atoms with E-state index < -0.39 is 0 Å². The van der Waals surface area contributed by atoms with Crippen molar-refractivity contribution in [2.75, 3.05) is 32.7 Å². The highest BCUT2D eigenvalue weighted by molar-refractivity contribution is 5.20. The Kier molecular flexibility index (Phi) is 5.48. The van der Waals surface area contributed by atoms with Gasteiger partial charge in [-0.15, -0.1) is 0 Å². The number of hydrogen-bond acceptors (Lipinski definition) is 3. The lowest BCUT2D eigenvalue weighted by Crippen LogP contribution is -2.46. The van der Waals surface area contributed by atoms with Gasteiger partial charge >= 0.3 is 0 Å². The minimum Gasteiger partial charge on any atom is -0.297 e. The average Bonchev–Trinajstić information content (AvgIpc) is 2.90. The molecule has 4 nitrogen and oxygen atoms in total. The molecule has 0 aliphatic carbocycles. The van der Waals surface area contributed by atoms with Gasteiger partial charge < -0.3 is 0 Å². The Morgan fingerprint density at radius 2 is 1.71 bits per heavy atom. The van der Waals surface area contributed by atoms with Gasteiger partial charge in [-0.1, -0.05) is 42.5 Å². The molecule has 0 radical (unpaired) electrons. The summed E-state index contributed by atoms with van der Waals surface area (Å²) in [5, 5.41) is 4.60. The van der Waals surface area contributed by atoms with Crippen molar-refractivity contribution < 1.29 is 0 Å². The molecule has 128 valence electrons. The van der Waals surface area contributed by atoms with Gasteiger partial charge in [-0.25, -0.2) is 0 Å². The molecule has 0 N–H and O–H groups in total. The summed E-state index contributed by atoms with van der Waals surface area (Å²) in [6, 6.07) is 10.5. The van der Waals surface area contributed by atoms with Crippen LogP contribution < -0.4 is 0 Å². The summed E-state index contributed by atoms with van der Waals surface area (Å²) in [4.78, 5) is 5.02. The van der Waals surface area contributed by atoms with Crippen molar-refractivity contribution in [1.29, 1.82) is 0 Å². The number of hydrogen-bond donors (Lipinski definition) is 0. The molecule has 1 aromatic carbocycles. The maximum absolute atomic E-state index is 4.60. The van der Waals surface area contributed by atoms with Crippen LogP contribution in [0.4, 0.5) is 0 Å². The van der Waals surface area contributed by atoms with Crippen LogP contribution in [0.25, 0.3) is 0 Å². The average molecular weight is 324 g/mol. The van der Waals surface area contributed by atoms with Crippen LogP contribution in [0, 0.1) is 6.92 Å². The monoisotopic (exact) mass is 324 g/mol. The first kappa shape index (κ1) is 16.9. The zero-order chi connectivity index (χ0) is 16.9. The van der Waals surface area contributed by atoms with Crippen LogP contribution >= 0.6 is 0 Å². The minimum absolute atomic E-state index is 0.846. The molecule has 1 aliphatic heterocycles. The standard InChI is InChI=1S/C20H28N4/c1-17(2)14-22-9-11-23(12-10-22)16-20-13-21-24(18(20)3)15-19-7-5-4-6-8-19/h4-8,13H,1,9-12,14-16H2,2-3H3. The van der Waals surface area contributed by atoms with Gasteiger partial charge in [0, 0.05) is 50.5 Å². The summed E-state index contributed by atoms with van der Waals surface area (Å²) in [5.74, 6) is 0. The largest absolute Gasteiger partial charge is 0.297 e. The molecule has 2 heterocycles. The van der Waals surface area contributed by atoms with Gasteiger partial charge in [-0.3, -0.25) is 14.5 Å². The van der Waals surface area contributed by atoms with Crippen molar-refractivity contribution in [1.82, 2.24) is 19.6 Å². The smallest absolute Gasteiger partial charge is 0.0662 e. The Labute approximate surface area is 145 Å². The van der Waals surface area contributed by atoms with Crippen molar-refractivity contribution in [3.8, 4) is 0 Å². The van der Waals surface area contributed by atoms with E-state index in [0.717, 1.165) is 45.8 Å². The molecular formula is C20H28N4. The Bertz CT molecular complexity index is 666. The van der Waals surface area contributed by atoms with Crippen LogP contribution in [0.15, 0.2) is 48.7 Å². The van der Waals surface area contributed by atoms with E-state index in [1.54, 1.807) is 0 Å². The first-order chi connectivity index (χ1) is 11.6. The summed E-state index contributed by atoms with van der Waals surface area (Å²) in [6.07, 6.45) is 2.04. The first-order valence-corrected chi connectivity index (χ1v) is 8.76. The van der Waals surface area contributed by atoms with E-state index in [9.17, 15) is 0 Å². The molecule has 2 aromatic rings. The molecule has 1 fully saturated rings. The quantitative estimate of drug-likeness (QED) is 0.764. The predicted molar refractivity (Wildman–Crippen MR) is 99.0 cm³/mol. The lowest BCUT2D eigenvalue weighted by atomic mass is 10.2. The van der Waals surface area contributed by atoms with Crippen molar-refractivity contribution in [3.63, 3.8) is 0 Å². The van der Waals surface area contributed by atoms with Gasteiger partial charge in [0.25, 0.3) is 0 Å². The predicted octanol–water partition coefficient (Wildman–Crippen LogP) is 2.93. The second-order valence-electron chi connectivity index (χ2n) is 6.91. The summed E-state index contributed by atoms with van der Waals surface area (Å²) < 4.78 is 2.11. The molecule has 0 atom stereocenters. The Morgan fingerprint density at radius 1 is 1.04 bits per heavy atom. The van der Waals surface area contributed by atoms with Crippen LogP contribution in [0.5, 0.6) is 0 Å². The van der Waals surface area contributed by atoms with Crippen LogP contribution in [-0.4, -0.2) is 52.3 Å². The van der Waals surface area contributed by atoms with Crippen LogP contribution in [0.1, 0.15) is 23.7 Å². The zero-order valence-corrected chi connectivity index (χ0v) is 14.9. The molecule has 1 aliphatic rings. The maximum Gasteiger partial charge on any atom is 0.0662 e. The number of benzene rings is 1. The van der Waals surface area contributed by atoms with Crippen LogP contribution in [0.2, 0.25) is 0 Å². The molecule has 3 rings (SSSR count). The Balaban J connectivity index is 1.56. The summed E-state index contributed by atoms with van der Waals surface area (Å²) in [6.45, 7) is 15.7. The van der Waals surface area contributed by atoms with Gasteiger partial charge in [0.2, 0.25) is 0 Å². The SMILES string of the molecule is C=C(C)CN1CCN(Cc2cnn(Cc3ccccc3)c2C)CC1. The highest BCUT2D eigenvalue weighted by Crippen LogP contribution is 2.14. The normalized spacial score (nSPS) is 16.4. The van der Waals surface area contributed by atoms with E-state index in [-0.39, 0.29) is 0 Å². The number of nitrogens with zero attached hydrogens (tertiary/aromatic N) is 4. The van der Waals surface area contributed by atoms with E-state index >= 15 is 0 Å². The highest BCUT2D eigenvalue weighted by Gasteiger charge is 2.18. The summed E-state index contributed by atoms with van der Waals surface area (Å²) >= 11 is 0. The molecule has 0 bridgehead atoms. The van der Waals surface area contributed by atoms with Gasteiger partial charge in [-0.05, 0) is 19.4 Å². The Morgan fingerprint density at radius 3 is 2.38 bits per heavy atom. The van der Waals surface area contributed by atoms with E-state index in [1.165, 1.54) is 22.4 Å². The van der Waals surface area contributed by atoms with E-state index in [1.807, 2.05) is 6.20 Å². The van der Waals surface area contributed by atoms with Gasteiger partial charge in [0.1, 0.15) is 0 Å². The fourth-order valence-corrected chi connectivity index (χ4v) is 3.28. The molecule has 1 aromatic heterocycles. The van der Waals surface area contributed by atoms with Crippen LogP contribution in [0.3, 0.4) is 0 Å². The Hall–Kier alpha value is -1.91. The van der Waals surface area contributed by atoms with E-state index in [0.29, 0.717) is 0 Å². The van der Waals surface area contributed by atoms with Gasteiger partial charge in [0.05, 0.1) is 12.7 Å². The topological polar surface area (TPSA) is 24.3 Å². The van der Waals surface area contributed by atoms with Gasteiger partial charge in [0.15, 0.2) is 0 Å². The molecule has 0 amide bonds. The molecular weight excluding hydrogens is 296 g/mol.